The second-order valence-electron chi connectivity index (χ2n) is 6.81. The minimum absolute atomic E-state index is 0.0585. The van der Waals surface area contributed by atoms with E-state index in [0.717, 1.165) is 25.7 Å². The van der Waals surface area contributed by atoms with Gasteiger partial charge in [-0.25, -0.2) is 4.79 Å². The Morgan fingerprint density at radius 3 is 2.07 bits per heavy atom. The molecule has 2 rings (SSSR count). The van der Waals surface area contributed by atoms with Crippen LogP contribution < -0.4 is 5.73 Å². The Hall–Kier alpha value is -2.82. The van der Waals surface area contributed by atoms with Crippen LogP contribution in [0.5, 0.6) is 5.75 Å². The molecule has 0 spiro atoms. The van der Waals surface area contributed by atoms with Crippen LogP contribution in [-0.2, 0) is 4.74 Å². The molecule has 158 valence electrons. The molecule has 0 aromatic heterocycles. The maximum absolute atomic E-state index is 12.4. The van der Waals surface area contributed by atoms with E-state index in [1.54, 1.807) is 30.3 Å². The molecular weight excluding hydrogens is 366 g/mol. The average molecular weight is 400 g/mol. The minimum atomic E-state index is -0.594. The predicted octanol–water partition coefficient (Wildman–Crippen LogP) is 5.75. The summed E-state index contributed by atoms with van der Waals surface area (Å²) >= 11 is 0. The summed E-state index contributed by atoms with van der Waals surface area (Å²) in [4.78, 5) is 24.5. The lowest BCUT2D eigenvalue weighted by atomic mass is 9.99. The number of anilines is 1. The molecule has 0 bridgehead atoms. The number of hydrogen-bond acceptors (Lipinski definition) is 5. The number of esters is 1. The molecule has 0 amide bonds. The van der Waals surface area contributed by atoms with Gasteiger partial charge >= 0.3 is 5.97 Å². The number of benzene rings is 2. The number of carbonyl (C=O) groups excluding carboxylic acids is 2. The van der Waals surface area contributed by atoms with Crippen LogP contribution in [0.2, 0.25) is 0 Å². The molecule has 0 saturated heterocycles. The van der Waals surface area contributed by atoms with Crippen LogP contribution >= 0.6 is 0 Å². The SMILES string of the molecule is CCCC.CCCCCCOC(=O)c1ccc(C(=O)c2ccccc2)c(O)c1N. The van der Waals surface area contributed by atoms with Gasteiger partial charge in [-0.05, 0) is 18.6 Å². The van der Waals surface area contributed by atoms with Gasteiger partial charge in [0.25, 0.3) is 0 Å². The van der Waals surface area contributed by atoms with E-state index >= 15 is 0 Å². The molecule has 0 saturated carbocycles. The Labute approximate surface area is 173 Å². The number of unbranched alkanes of at least 4 members (excludes halogenated alkanes) is 4. The molecule has 2 aromatic carbocycles. The summed E-state index contributed by atoms with van der Waals surface area (Å²) in [5.41, 5.74) is 6.27. The first-order chi connectivity index (χ1) is 14.0. The third-order valence-electron chi connectivity index (χ3n) is 4.45. The fourth-order valence-corrected chi connectivity index (χ4v) is 2.49. The van der Waals surface area contributed by atoms with Crippen molar-refractivity contribution in [3.63, 3.8) is 0 Å². The van der Waals surface area contributed by atoms with Gasteiger partial charge in [-0.15, -0.1) is 0 Å². The van der Waals surface area contributed by atoms with Crippen LogP contribution in [0.25, 0.3) is 0 Å². The summed E-state index contributed by atoms with van der Waals surface area (Å²) in [6.07, 6.45) is 6.62. The van der Waals surface area contributed by atoms with Gasteiger partial charge in [0.15, 0.2) is 11.5 Å². The number of carbonyl (C=O) groups is 2. The summed E-state index contributed by atoms with van der Waals surface area (Å²) < 4.78 is 5.18. The van der Waals surface area contributed by atoms with Crippen LogP contribution in [0.15, 0.2) is 42.5 Å². The van der Waals surface area contributed by atoms with Gasteiger partial charge in [0.2, 0.25) is 0 Å². The number of ketones is 1. The molecule has 5 heteroatoms. The van der Waals surface area contributed by atoms with Crippen molar-refractivity contribution in [2.45, 2.75) is 59.3 Å². The second kappa shape index (κ2) is 13.4. The zero-order chi connectivity index (χ0) is 21.6. The van der Waals surface area contributed by atoms with E-state index in [9.17, 15) is 14.7 Å². The first kappa shape index (κ1) is 24.2. The quantitative estimate of drug-likeness (QED) is 0.184. The van der Waals surface area contributed by atoms with Gasteiger partial charge < -0.3 is 15.6 Å². The fourth-order valence-electron chi connectivity index (χ4n) is 2.49. The number of aromatic hydroxyl groups is 1. The van der Waals surface area contributed by atoms with Crippen molar-refractivity contribution in [3.8, 4) is 5.75 Å². The third-order valence-corrected chi connectivity index (χ3v) is 4.45. The molecule has 2 aromatic rings. The van der Waals surface area contributed by atoms with Gasteiger partial charge in [0, 0.05) is 5.56 Å². The topological polar surface area (TPSA) is 89.6 Å². The van der Waals surface area contributed by atoms with Gasteiger partial charge in [-0.2, -0.15) is 0 Å². The first-order valence-corrected chi connectivity index (χ1v) is 10.4. The molecule has 0 atom stereocenters. The van der Waals surface area contributed by atoms with Crippen LogP contribution in [0, 0.1) is 0 Å². The van der Waals surface area contributed by atoms with Crippen molar-refractivity contribution in [1.29, 1.82) is 0 Å². The van der Waals surface area contributed by atoms with E-state index in [4.69, 9.17) is 10.5 Å². The van der Waals surface area contributed by atoms with Crippen molar-refractivity contribution in [1.82, 2.24) is 0 Å². The molecule has 0 aliphatic carbocycles. The minimum Gasteiger partial charge on any atom is -0.505 e. The van der Waals surface area contributed by atoms with E-state index < -0.39 is 11.7 Å². The summed E-state index contributed by atoms with van der Waals surface area (Å²) in [5, 5.41) is 10.2. The van der Waals surface area contributed by atoms with Crippen molar-refractivity contribution >= 4 is 17.4 Å². The maximum atomic E-state index is 12.4. The van der Waals surface area contributed by atoms with Crippen LogP contribution in [-0.4, -0.2) is 23.5 Å². The summed E-state index contributed by atoms with van der Waals surface area (Å²) in [6.45, 7) is 6.78. The number of nitrogen functional groups attached to an aromatic ring is 1. The normalized spacial score (nSPS) is 10.0. The van der Waals surface area contributed by atoms with Gasteiger partial charge in [-0.1, -0.05) is 83.2 Å². The fraction of sp³-hybridized carbons (Fsp3) is 0.417. The lowest BCUT2D eigenvalue weighted by molar-refractivity contribution is 0.0498. The molecule has 0 fully saturated rings. The Balaban J connectivity index is 0.000000960. The van der Waals surface area contributed by atoms with E-state index in [1.165, 1.54) is 25.0 Å². The highest BCUT2D eigenvalue weighted by molar-refractivity contribution is 6.12. The van der Waals surface area contributed by atoms with Crippen molar-refractivity contribution in [2.24, 2.45) is 0 Å². The smallest absolute Gasteiger partial charge is 0.340 e. The molecule has 0 heterocycles. The number of rotatable bonds is 9. The van der Waals surface area contributed by atoms with Gasteiger partial charge in [0.05, 0.1) is 23.4 Å². The number of phenols is 1. The number of ether oxygens (including phenoxy) is 1. The van der Waals surface area contributed by atoms with Crippen LogP contribution in [0.3, 0.4) is 0 Å². The molecule has 5 nitrogen and oxygen atoms in total. The molecule has 29 heavy (non-hydrogen) atoms. The second-order valence-corrected chi connectivity index (χ2v) is 6.81. The van der Waals surface area contributed by atoms with E-state index in [0.29, 0.717) is 12.2 Å². The highest BCUT2D eigenvalue weighted by Crippen LogP contribution is 2.31. The van der Waals surface area contributed by atoms with Gasteiger partial charge in [-0.3, -0.25) is 4.79 Å². The highest BCUT2D eigenvalue weighted by Gasteiger charge is 2.21. The third kappa shape index (κ3) is 7.60. The molecular formula is C24H33NO4. The standard InChI is InChI=1S/C20H23NO4.C4H10/c1-2-3-4-8-13-25-20(24)15-11-12-16(19(23)17(15)21)18(22)14-9-6-5-7-10-14;1-3-4-2/h5-7,9-12,23H,2-4,8,13,21H2,1H3;3-4H2,1-2H3. The Bertz CT molecular complexity index is 770. The van der Waals surface area contributed by atoms with Crippen LogP contribution in [0.1, 0.15) is 85.6 Å². The Morgan fingerprint density at radius 1 is 0.862 bits per heavy atom. The van der Waals surface area contributed by atoms with E-state index in [-0.39, 0.29) is 22.6 Å². The maximum Gasteiger partial charge on any atom is 0.340 e. The molecule has 0 radical (unpaired) electrons. The average Bonchev–Trinajstić information content (AvgIpc) is 2.75. The van der Waals surface area contributed by atoms with Crippen molar-refractivity contribution in [3.05, 3.63) is 59.2 Å². The van der Waals surface area contributed by atoms with Crippen molar-refractivity contribution in [2.75, 3.05) is 12.3 Å². The monoisotopic (exact) mass is 399 g/mol. The number of hydrogen-bond donors (Lipinski definition) is 2. The van der Waals surface area contributed by atoms with Gasteiger partial charge in [0.1, 0.15) is 0 Å². The van der Waals surface area contributed by atoms with Crippen molar-refractivity contribution < 1.29 is 19.4 Å². The molecule has 3 N–H and O–H groups in total. The summed E-state index contributed by atoms with van der Waals surface area (Å²) in [6, 6.07) is 11.4. The Kier molecular flexibility index (Phi) is 11.2. The summed E-state index contributed by atoms with van der Waals surface area (Å²) in [7, 11) is 0. The van der Waals surface area contributed by atoms with E-state index in [1.807, 2.05) is 0 Å². The lowest BCUT2D eigenvalue weighted by Gasteiger charge is -2.11. The molecule has 0 aliphatic heterocycles. The zero-order valence-corrected chi connectivity index (χ0v) is 17.7. The lowest BCUT2D eigenvalue weighted by Crippen LogP contribution is -2.11. The zero-order valence-electron chi connectivity index (χ0n) is 17.7. The highest BCUT2D eigenvalue weighted by atomic mass is 16.5. The Morgan fingerprint density at radius 2 is 1.48 bits per heavy atom. The van der Waals surface area contributed by atoms with Crippen LogP contribution in [0.4, 0.5) is 5.69 Å². The number of phenolic OH excluding ortho intramolecular Hbond substituents is 1. The first-order valence-electron chi connectivity index (χ1n) is 10.4. The van der Waals surface area contributed by atoms with E-state index in [2.05, 4.69) is 20.8 Å². The number of nitrogens with two attached hydrogens (primary N) is 1. The largest absolute Gasteiger partial charge is 0.505 e. The summed E-state index contributed by atoms with van der Waals surface area (Å²) in [5.74, 6) is -1.35. The predicted molar refractivity (Wildman–Crippen MR) is 117 cm³/mol. The molecule has 0 aliphatic rings. The molecule has 0 unspecified atom stereocenters.